The summed E-state index contributed by atoms with van der Waals surface area (Å²) >= 11 is 0. The number of Topliss-reactive ketones (excluding diaryl/α,β-unsaturated/α-hetero) is 1. The van der Waals surface area contributed by atoms with Crippen molar-refractivity contribution in [2.45, 2.75) is 26.7 Å². The third-order valence-electron chi connectivity index (χ3n) is 2.12. The van der Waals surface area contributed by atoms with Crippen LogP contribution in [0.2, 0.25) is 0 Å². The summed E-state index contributed by atoms with van der Waals surface area (Å²) in [6.07, 6.45) is 2.10. The summed E-state index contributed by atoms with van der Waals surface area (Å²) in [7, 11) is 0. The molecule has 0 aromatic carbocycles. The molecule has 1 aromatic heterocycles. The van der Waals surface area contributed by atoms with E-state index in [4.69, 9.17) is 4.74 Å². The van der Waals surface area contributed by atoms with Crippen LogP contribution in [0.25, 0.3) is 0 Å². The molecule has 0 aliphatic heterocycles. The normalized spacial score (nSPS) is 9.88. The number of ether oxygens (including phenoxy) is 1. The minimum absolute atomic E-state index is 0.221. The van der Waals surface area contributed by atoms with Gasteiger partial charge >= 0.3 is 5.97 Å². The summed E-state index contributed by atoms with van der Waals surface area (Å²) in [4.78, 5) is 26.8. The van der Waals surface area contributed by atoms with Gasteiger partial charge in [-0.1, -0.05) is 6.92 Å². The van der Waals surface area contributed by atoms with Crippen molar-refractivity contribution < 1.29 is 14.3 Å². The Kier molecular flexibility index (Phi) is 4.64. The number of nitrogens with zero attached hydrogens (tertiary/aromatic N) is 1. The Morgan fingerprint density at radius 3 is 2.56 bits per heavy atom. The topological polar surface area (TPSA) is 56.3 Å². The van der Waals surface area contributed by atoms with Crippen molar-refractivity contribution in [3.8, 4) is 0 Å². The average molecular weight is 221 g/mol. The third kappa shape index (κ3) is 3.46. The van der Waals surface area contributed by atoms with Crippen LogP contribution in [0.1, 0.15) is 36.3 Å². The van der Waals surface area contributed by atoms with Gasteiger partial charge in [-0.05, 0) is 25.5 Å². The highest BCUT2D eigenvalue weighted by atomic mass is 16.5. The quantitative estimate of drug-likeness (QED) is 0.432. The van der Waals surface area contributed by atoms with Crippen LogP contribution in [-0.2, 0) is 16.0 Å². The van der Waals surface area contributed by atoms with Crippen LogP contribution in [0.5, 0.6) is 0 Å². The van der Waals surface area contributed by atoms with Crippen molar-refractivity contribution in [2.75, 3.05) is 6.61 Å². The lowest BCUT2D eigenvalue weighted by Crippen LogP contribution is -2.11. The molecule has 0 bridgehead atoms. The van der Waals surface area contributed by atoms with Gasteiger partial charge in [-0.2, -0.15) is 0 Å². The molecule has 0 saturated carbocycles. The monoisotopic (exact) mass is 221 g/mol. The van der Waals surface area contributed by atoms with Crippen LogP contribution in [0.4, 0.5) is 0 Å². The molecular formula is C12H15NO3. The minimum Gasteiger partial charge on any atom is -0.466 e. The summed E-state index contributed by atoms with van der Waals surface area (Å²) in [6.45, 7) is 3.99. The first-order valence-corrected chi connectivity index (χ1v) is 5.31. The second-order valence-electron chi connectivity index (χ2n) is 3.30. The van der Waals surface area contributed by atoms with E-state index in [1.54, 1.807) is 19.1 Å². The van der Waals surface area contributed by atoms with E-state index >= 15 is 0 Å². The van der Waals surface area contributed by atoms with Gasteiger partial charge in [-0.3, -0.25) is 14.6 Å². The molecule has 0 spiro atoms. The zero-order valence-corrected chi connectivity index (χ0v) is 9.53. The van der Waals surface area contributed by atoms with E-state index in [2.05, 4.69) is 4.98 Å². The Balaban J connectivity index is 2.62. The number of rotatable bonds is 5. The molecule has 86 valence electrons. The van der Waals surface area contributed by atoms with Crippen molar-refractivity contribution in [1.82, 2.24) is 4.98 Å². The molecule has 1 rings (SSSR count). The second-order valence-corrected chi connectivity index (χ2v) is 3.30. The van der Waals surface area contributed by atoms with Crippen LogP contribution in [0, 0.1) is 0 Å². The molecule has 0 unspecified atom stereocenters. The van der Waals surface area contributed by atoms with Crippen molar-refractivity contribution in [3.63, 3.8) is 0 Å². The fourth-order valence-corrected chi connectivity index (χ4v) is 1.24. The Hall–Kier alpha value is -1.71. The molecule has 0 saturated heterocycles. The van der Waals surface area contributed by atoms with Gasteiger partial charge in [0.25, 0.3) is 0 Å². The molecule has 4 heteroatoms. The molecule has 16 heavy (non-hydrogen) atoms. The summed E-state index contributed by atoms with van der Waals surface area (Å²) in [5.41, 5.74) is 1.37. The standard InChI is InChI=1S/C12H15NO3/c1-3-10-6-5-9(8-13-10)11(14)7-12(15)16-4-2/h5-6,8H,3-4,7H2,1-2H3. The van der Waals surface area contributed by atoms with Crippen molar-refractivity contribution >= 4 is 11.8 Å². The minimum atomic E-state index is -0.493. The fraction of sp³-hybridized carbons (Fsp3) is 0.417. The van der Waals surface area contributed by atoms with Crippen molar-refractivity contribution in [1.29, 1.82) is 0 Å². The summed E-state index contributed by atoms with van der Waals surface area (Å²) < 4.78 is 4.70. The number of ketones is 1. The van der Waals surface area contributed by atoms with Gasteiger partial charge in [-0.15, -0.1) is 0 Å². The number of esters is 1. The van der Waals surface area contributed by atoms with Crippen molar-refractivity contribution in [3.05, 3.63) is 29.6 Å². The van der Waals surface area contributed by atoms with E-state index < -0.39 is 5.97 Å². The average Bonchev–Trinajstić information content (AvgIpc) is 2.29. The van der Waals surface area contributed by atoms with Gasteiger partial charge in [0.1, 0.15) is 6.42 Å². The predicted molar refractivity (Wildman–Crippen MR) is 59.2 cm³/mol. The molecule has 0 aliphatic rings. The lowest BCUT2D eigenvalue weighted by molar-refractivity contribution is -0.141. The largest absolute Gasteiger partial charge is 0.466 e. The molecule has 4 nitrogen and oxygen atoms in total. The highest BCUT2D eigenvalue weighted by Crippen LogP contribution is 2.05. The lowest BCUT2D eigenvalue weighted by atomic mass is 10.1. The molecule has 0 N–H and O–H groups in total. The summed E-state index contributed by atoms with van der Waals surface area (Å²) in [6, 6.07) is 3.48. The number of aromatic nitrogens is 1. The van der Waals surface area contributed by atoms with Crippen LogP contribution < -0.4 is 0 Å². The highest BCUT2D eigenvalue weighted by Gasteiger charge is 2.12. The first-order valence-electron chi connectivity index (χ1n) is 5.31. The smallest absolute Gasteiger partial charge is 0.313 e. The number of aryl methyl sites for hydroxylation is 1. The van der Waals surface area contributed by atoms with Gasteiger partial charge < -0.3 is 4.74 Å². The Morgan fingerprint density at radius 1 is 1.31 bits per heavy atom. The van der Waals surface area contributed by atoms with Crippen LogP contribution in [0.15, 0.2) is 18.3 Å². The number of hydrogen-bond acceptors (Lipinski definition) is 4. The summed E-state index contributed by atoms with van der Waals surface area (Å²) in [5.74, 6) is -0.749. The maximum atomic E-state index is 11.6. The fourth-order valence-electron chi connectivity index (χ4n) is 1.24. The zero-order valence-electron chi connectivity index (χ0n) is 9.53. The maximum Gasteiger partial charge on any atom is 0.313 e. The van der Waals surface area contributed by atoms with Gasteiger partial charge in [0.15, 0.2) is 5.78 Å². The highest BCUT2D eigenvalue weighted by molar-refractivity contribution is 6.05. The molecule has 0 fully saturated rings. The third-order valence-corrected chi connectivity index (χ3v) is 2.12. The van der Waals surface area contributed by atoms with E-state index in [-0.39, 0.29) is 12.2 Å². The molecule has 0 atom stereocenters. The molecular weight excluding hydrogens is 206 g/mol. The first-order chi connectivity index (χ1) is 7.67. The Morgan fingerprint density at radius 2 is 2.06 bits per heavy atom. The van der Waals surface area contributed by atoms with Gasteiger partial charge in [0.05, 0.1) is 6.61 Å². The number of carbonyl (C=O) groups is 2. The first kappa shape index (κ1) is 12.4. The molecule has 0 amide bonds. The van der Waals surface area contributed by atoms with Crippen LogP contribution >= 0.6 is 0 Å². The van der Waals surface area contributed by atoms with Crippen LogP contribution in [0.3, 0.4) is 0 Å². The van der Waals surface area contributed by atoms with E-state index in [0.29, 0.717) is 12.2 Å². The van der Waals surface area contributed by atoms with Crippen LogP contribution in [-0.4, -0.2) is 23.3 Å². The number of carbonyl (C=O) groups excluding carboxylic acids is 2. The van der Waals surface area contributed by atoms with Gasteiger partial charge in [0.2, 0.25) is 0 Å². The predicted octanol–water partition coefficient (Wildman–Crippen LogP) is 1.78. The number of pyridine rings is 1. The van der Waals surface area contributed by atoms with Gasteiger partial charge in [-0.25, -0.2) is 0 Å². The summed E-state index contributed by atoms with van der Waals surface area (Å²) in [5, 5.41) is 0. The lowest BCUT2D eigenvalue weighted by Gasteiger charge is -2.02. The molecule has 0 radical (unpaired) electrons. The Bertz CT molecular complexity index is 370. The van der Waals surface area contributed by atoms with Gasteiger partial charge in [0, 0.05) is 17.5 Å². The van der Waals surface area contributed by atoms with Crippen molar-refractivity contribution in [2.24, 2.45) is 0 Å². The Labute approximate surface area is 94.6 Å². The molecule has 1 aromatic rings. The molecule has 0 aliphatic carbocycles. The zero-order chi connectivity index (χ0) is 12.0. The SMILES string of the molecule is CCOC(=O)CC(=O)c1ccc(CC)nc1. The van der Waals surface area contributed by atoms with E-state index in [1.807, 2.05) is 6.92 Å². The molecule has 1 heterocycles. The van der Waals surface area contributed by atoms with E-state index in [1.165, 1.54) is 6.20 Å². The maximum absolute atomic E-state index is 11.6. The second kappa shape index (κ2) is 6.00. The van der Waals surface area contributed by atoms with E-state index in [0.717, 1.165) is 12.1 Å². The number of hydrogen-bond donors (Lipinski definition) is 0. The van der Waals surface area contributed by atoms with E-state index in [9.17, 15) is 9.59 Å².